The summed E-state index contributed by atoms with van der Waals surface area (Å²) >= 11 is 0. The first-order valence-corrected chi connectivity index (χ1v) is 7.54. The molecule has 1 aliphatic rings. The maximum atomic E-state index is 4.26. The Balaban J connectivity index is 1.97. The van der Waals surface area contributed by atoms with Crippen molar-refractivity contribution in [2.75, 3.05) is 6.54 Å². The van der Waals surface area contributed by atoms with Gasteiger partial charge in [0.15, 0.2) is 0 Å². The Kier molecular flexibility index (Phi) is 4.61. The maximum absolute atomic E-state index is 4.26. The number of aryl methyl sites for hydroxylation is 1. The molecule has 0 aromatic carbocycles. The van der Waals surface area contributed by atoms with Crippen LogP contribution in [0.4, 0.5) is 0 Å². The lowest BCUT2D eigenvalue weighted by molar-refractivity contribution is 0.285. The molecule has 1 fully saturated rings. The van der Waals surface area contributed by atoms with Gasteiger partial charge < -0.3 is 5.32 Å². The molecule has 1 aromatic heterocycles. The fraction of sp³-hybridized carbons (Fsp3) is 0.867. The molecule has 0 amide bonds. The van der Waals surface area contributed by atoms with E-state index in [0.717, 1.165) is 24.6 Å². The van der Waals surface area contributed by atoms with Crippen molar-refractivity contribution in [2.45, 2.75) is 58.4 Å². The topological polar surface area (TPSA) is 42.7 Å². The maximum Gasteiger partial charge on any atom is 0.0830 e. The summed E-state index contributed by atoms with van der Waals surface area (Å²) in [5, 5.41) is 12.0. The van der Waals surface area contributed by atoms with Crippen LogP contribution in [-0.2, 0) is 13.5 Å². The van der Waals surface area contributed by atoms with E-state index in [2.05, 4.69) is 42.6 Å². The monoisotopic (exact) mass is 264 g/mol. The average Bonchev–Trinajstić information content (AvgIpc) is 2.94. The first-order chi connectivity index (χ1) is 8.94. The normalized spacial score (nSPS) is 18.9. The van der Waals surface area contributed by atoms with E-state index in [1.807, 2.05) is 7.05 Å². The molecule has 0 bridgehead atoms. The van der Waals surface area contributed by atoms with E-state index in [0.29, 0.717) is 5.92 Å². The van der Waals surface area contributed by atoms with Gasteiger partial charge in [0.1, 0.15) is 0 Å². The van der Waals surface area contributed by atoms with E-state index in [9.17, 15) is 0 Å². The molecule has 4 nitrogen and oxygen atoms in total. The molecule has 0 aliphatic heterocycles. The second kappa shape index (κ2) is 6.04. The third kappa shape index (κ3) is 4.60. The fourth-order valence-corrected chi connectivity index (χ4v) is 3.03. The third-order valence-electron chi connectivity index (χ3n) is 4.08. The fourth-order valence-electron chi connectivity index (χ4n) is 3.03. The summed E-state index contributed by atoms with van der Waals surface area (Å²) in [4.78, 5) is 0. The third-order valence-corrected chi connectivity index (χ3v) is 4.08. The van der Waals surface area contributed by atoms with Crippen molar-refractivity contribution in [3.05, 3.63) is 11.9 Å². The van der Waals surface area contributed by atoms with Crippen LogP contribution >= 0.6 is 0 Å². The zero-order chi connectivity index (χ0) is 13.9. The minimum Gasteiger partial charge on any atom is -0.312 e. The zero-order valence-corrected chi connectivity index (χ0v) is 12.8. The highest BCUT2D eigenvalue weighted by Gasteiger charge is 2.27. The van der Waals surface area contributed by atoms with Gasteiger partial charge in [-0.1, -0.05) is 30.9 Å². The second-order valence-corrected chi connectivity index (χ2v) is 7.02. The number of nitrogens with one attached hydrogen (secondary N) is 1. The van der Waals surface area contributed by atoms with Gasteiger partial charge in [-0.2, -0.15) is 0 Å². The highest BCUT2D eigenvalue weighted by molar-refractivity contribution is 4.96. The second-order valence-electron chi connectivity index (χ2n) is 7.02. The van der Waals surface area contributed by atoms with Gasteiger partial charge in [-0.05, 0) is 45.6 Å². The summed E-state index contributed by atoms with van der Waals surface area (Å²) in [7, 11) is 1.94. The highest BCUT2D eigenvalue weighted by atomic mass is 15.4. The molecule has 1 N–H and O–H groups in total. The molecule has 1 heterocycles. The lowest BCUT2D eigenvalue weighted by Crippen LogP contribution is -2.41. The Labute approximate surface area is 117 Å². The Morgan fingerprint density at radius 2 is 2.05 bits per heavy atom. The van der Waals surface area contributed by atoms with Crippen molar-refractivity contribution in [1.82, 2.24) is 20.3 Å². The summed E-state index contributed by atoms with van der Waals surface area (Å²) in [5.41, 5.74) is 1.33. The number of rotatable bonds is 5. The van der Waals surface area contributed by atoms with Crippen LogP contribution < -0.4 is 5.32 Å². The molecule has 19 heavy (non-hydrogen) atoms. The minimum atomic E-state index is 0.194. The van der Waals surface area contributed by atoms with E-state index in [-0.39, 0.29) is 5.54 Å². The van der Waals surface area contributed by atoms with Gasteiger partial charge in [0.25, 0.3) is 0 Å². The van der Waals surface area contributed by atoms with Gasteiger partial charge in [0.05, 0.1) is 5.69 Å². The quantitative estimate of drug-likeness (QED) is 0.889. The summed E-state index contributed by atoms with van der Waals surface area (Å²) in [5.74, 6) is 1.55. The van der Waals surface area contributed by atoms with Crippen molar-refractivity contribution in [2.24, 2.45) is 18.9 Å². The highest BCUT2D eigenvalue weighted by Crippen LogP contribution is 2.33. The number of hydrogen-bond donors (Lipinski definition) is 1. The largest absolute Gasteiger partial charge is 0.312 e. The zero-order valence-electron chi connectivity index (χ0n) is 12.8. The van der Waals surface area contributed by atoms with Crippen LogP contribution in [0, 0.1) is 11.8 Å². The predicted molar refractivity (Wildman–Crippen MR) is 77.9 cm³/mol. The van der Waals surface area contributed by atoms with Crippen molar-refractivity contribution < 1.29 is 0 Å². The summed E-state index contributed by atoms with van der Waals surface area (Å²) in [6.45, 7) is 7.80. The molecule has 2 rings (SSSR count). The van der Waals surface area contributed by atoms with Crippen molar-refractivity contribution >= 4 is 0 Å². The Morgan fingerprint density at radius 3 is 2.58 bits per heavy atom. The van der Waals surface area contributed by atoms with Crippen LogP contribution in [0.3, 0.4) is 0 Å². The van der Waals surface area contributed by atoms with Crippen molar-refractivity contribution in [3.63, 3.8) is 0 Å². The van der Waals surface area contributed by atoms with Gasteiger partial charge in [-0.3, -0.25) is 4.68 Å². The lowest BCUT2D eigenvalue weighted by atomic mass is 9.86. The summed E-state index contributed by atoms with van der Waals surface area (Å²) < 4.78 is 1.80. The van der Waals surface area contributed by atoms with E-state index < -0.39 is 0 Å². The van der Waals surface area contributed by atoms with E-state index in [1.54, 1.807) is 4.68 Å². The van der Waals surface area contributed by atoms with Crippen LogP contribution in [0.15, 0.2) is 6.20 Å². The number of aromatic nitrogens is 3. The first kappa shape index (κ1) is 14.5. The Bertz CT molecular complexity index is 385. The summed E-state index contributed by atoms with van der Waals surface area (Å²) in [6.07, 6.45) is 8.68. The van der Waals surface area contributed by atoms with E-state index in [1.165, 1.54) is 25.7 Å². The molecule has 1 saturated carbocycles. The smallest absolute Gasteiger partial charge is 0.0830 e. The Hall–Kier alpha value is -0.900. The van der Waals surface area contributed by atoms with E-state index >= 15 is 0 Å². The lowest BCUT2D eigenvalue weighted by Gasteiger charge is -2.28. The molecule has 1 unspecified atom stereocenters. The van der Waals surface area contributed by atoms with Crippen LogP contribution in [-0.4, -0.2) is 27.1 Å². The molecule has 108 valence electrons. The number of nitrogens with zero attached hydrogens (tertiary/aromatic N) is 3. The van der Waals surface area contributed by atoms with Crippen LogP contribution in [0.2, 0.25) is 0 Å². The molecule has 4 heteroatoms. The molecule has 0 spiro atoms. The summed E-state index contributed by atoms with van der Waals surface area (Å²) in [6, 6.07) is 0. The van der Waals surface area contributed by atoms with Gasteiger partial charge in [0.2, 0.25) is 0 Å². The standard InChI is InChI=1S/C15H28N4/c1-15(2,3)16-10-13(12-7-5-6-8-12)9-14-11-19(4)18-17-14/h11-13,16H,5-10H2,1-4H3. The first-order valence-electron chi connectivity index (χ1n) is 7.54. The van der Waals surface area contributed by atoms with Gasteiger partial charge in [0, 0.05) is 18.8 Å². The van der Waals surface area contributed by atoms with Crippen molar-refractivity contribution in [1.29, 1.82) is 0 Å². The minimum absolute atomic E-state index is 0.194. The Morgan fingerprint density at radius 1 is 1.37 bits per heavy atom. The molecule has 1 aliphatic carbocycles. The average molecular weight is 264 g/mol. The molecular formula is C15H28N4. The predicted octanol–water partition coefficient (Wildman–Crippen LogP) is 2.55. The van der Waals surface area contributed by atoms with E-state index in [4.69, 9.17) is 0 Å². The SMILES string of the molecule is Cn1cc(CC(CNC(C)(C)C)C2CCCC2)nn1. The molecular weight excluding hydrogens is 236 g/mol. The van der Waals surface area contributed by atoms with Crippen LogP contribution in [0.25, 0.3) is 0 Å². The molecule has 0 saturated heterocycles. The van der Waals surface area contributed by atoms with Crippen molar-refractivity contribution in [3.8, 4) is 0 Å². The van der Waals surface area contributed by atoms with Gasteiger partial charge in [-0.15, -0.1) is 5.10 Å². The van der Waals surface area contributed by atoms with Crippen LogP contribution in [0.1, 0.15) is 52.1 Å². The van der Waals surface area contributed by atoms with Gasteiger partial charge >= 0.3 is 0 Å². The molecule has 1 aromatic rings. The molecule has 0 radical (unpaired) electrons. The van der Waals surface area contributed by atoms with Crippen LogP contribution in [0.5, 0.6) is 0 Å². The van der Waals surface area contributed by atoms with Gasteiger partial charge in [-0.25, -0.2) is 0 Å². The molecule has 1 atom stereocenters. The number of hydrogen-bond acceptors (Lipinski definition) is 3.